The maximum Gasteiger partial charge on any atom is 0.417 e. The van der Waals surface area contributed by atoms with Gasteiger partial charge in [-0.05, 0) is 23.8 Å². The van der Waals surface area contributed by atoms with Crippen molar-refractivity contribution < 1.29 is 17.9 Å². The highest BCUT2D eigenvalue weighted by atomic mass is 19.4. The third kappa shape index (κ3) is 2.25. The van der Waals surface area contributed by atoms with E-state index in [2.05, 4.69) is 10.2 Å². The van der Waals surface area contributed by atoms with Crippen LogP contribution in [0.4, 0.5) is 13.2 Å². The Bertz CT molecular complexity index is 506. The van der Waals surface area contributed by atoms with Gasteiger partial charge < -0.3 is 4.74 Å². The second kappa shape index (κ2) is 4.12. The number of hydrogen-bond donors (Lipinski definition) is 1. The number of aromatic amines is 1. The van der Waals surface area contributed by atoms with E-state index in [9.17, 15) is 13.2 Å². The van der Waals surface area contributed by atoms with Gasteiger partial charge in [0.05, 0.1) is 18.9 Å². The number of methoxy groups -OCH3 is 1. The van der Waals surface area contributed by atoms with Crippen molar-refractivity contribution in [1.29, 1.82) is 0 Å². The van der Waals surface area contributed by atoms with Gasteiger partial charge in [0.25, 0.3) is 0 Å². The van der Waals surface area contributed by atoms with Gasteiger partial charge in [0, 0.05) is 11.8 Å². The van der Waals surface area contributed by atoms with Crippen molar-refractivity contribution in [2.75, 3.05) is 7.11 Å². The Labute approximate surface area is 95.2 Å². The molecule has 0 aliphatic carbocycles. The van der Waals surface area contributed by atoms with Crippen LogP contribution in [-0.2, 0) is 6.18 Å². The number of nitrogens with zero attached hydrogens (tertiary/aromatic N) is 1. The number of aromatic nitrogens is 2. The number of alkyl halides is 3. The normalized spacial score (nSPS) is 11.5. The van der Waals surface area contributed by atoms with Crippen molar-refractivity contribution >= 4 is 0 Å². The first kappa shape index (κ1) is 11.5. The van der Waals surface area contributed by atoms with Crippen LogP contribution in [0.2, 0.25) is 0 Å². The fraction of sp³-hybridized carbons (Fsp3) is 0.182. The minimum absolute atomic E-state index is 0.0760. The SMILES string of the molecule is COc1ccc(-c2cn[nH]c2)c(C(F)(F)F)c1. The lowest BCUT2D eigenvalue weighted by Gasteiger charge is -2.13. The molecule has 0 saturated carbocycles. The summed E-state index contributed by atoms with van der Waals surface area (Å²) < 4.78 is 43.4. The Morgan fingerprint density at radius 3 is 2.59 bits per heavy atom. The molecule has 1 N–H and O–H groups in total. The van der Waals surface area contributed by atoms with Crippen molar-refractivity contribution in [2.45, 2.75) is 6.18 Å². The van der Waals surface area contributed by atoms with Crippen LogP contribution in [0.5, 0.6) is 5.75 Å². The summed E-state index contributed by atoms with van der Waals surface area (Å²) in [5, 5.41) is 6.13. The summed E-state index contributed by atoms with van der Waals surface area (Å²) in [4.78, 5) is 0. The van der Waals surface area contributed by atoms with E-state index in [1.54, 1.807) is 0 Å². The van der Waals surface area contributed by atoms with E-state index in [0.29, 0.717) is 5.56 Å². The Morgan fingerprint density at radius 1 is 1.29 bits per heavy atom. The van der Waals surface area contributed by atoms with Crippen LogP contribution < -0.4 is 4.74 Å². The summed E-state index contributed by atoms with van der Waals surface area (Å²) in [6.07, 6.45) is -1.67. The summed E-state index contributed by atoms with van der Waals surface area (Å²) in [6.45, 7) is 0. The van der Waals surface area contributed by atoms with Gasteiger partial charge in [0.1, 0.15) is 5.75 Å². The molecule has 0 fully saturated rings. The Balaban J connectivity index is 2.59. The molecule has 0 aliphatic heterocycles. The summed E-state index contributed by atoms with van der Waals surface area (Å²) in [5.74, 6) is 0.171. The van der Waals surface area contributed by atoms with E-state index in [1.165, 1.54) is 31.6 Å². The zero-order valence-electron chi connectivity index (χ0n) is 8.88. The molecule has 0 aliphatic rings. The zero-order chi connectivity index (χ0) is 12.5. The average Bonchev–Trinajstić information content (AvgIpc) is 2.80. The Morgan fingerprint density at radius 2 is 2.06 bits per heavy atom. The van der Waals surface area contributed by atoms with E-state index in [4.69, 9.17) is 4.74 Å². The summed E-state index contributed by atoms with van der Waals surface area (Å²) in [6, 6.07) is 3.83. The maximum absolute atomic E-state index is 12.9. The van der Waals surface area contributed by atoms with Crippen LogP contribution in [0.1, 0.15) is 5.56 Å². The van der Waals surface area contributed by atoms with Crippen LogP contribution in [0.15, 0.2) is 30.6 Å². The van der Waals surface area contributed by atoms with Crippen molar-refractivity contribution in [3.63, 3.8) is 0 Å². The molecule has 90 valence electrons. The highest BCUT2D eigenvalue weighted by molar-refractivity contribution is 5.67. The van der Waals surface area contributed by atoms with Gasteiger partial charge in [0.15, 0.2) is 0 Å². The molecule has 17 heavy (non-hydrogen) atoms. The molecule has 0 radical (unpaired) electrons. The van der Waals surface area contributed by atoms with Crippen LogP contribution in [-0.4, -0.2) is 17.3 Å². The summed E-state index contributed by atoms with van der Waals surface area (Å²) in [5.41, 5.74) is -0.273. The fourth-order valence-electron chi connectivity index (χ4n) is 1.53. The molecule has 0 atom stereocenters. The molecule has 6 heteroatoms. The molecule has 2 rings (SSSR count). The number of benzene rings is 1. The second-order valence-electron chi connectivity index (χ2n) is 3.40. The molecular weight excluding hydrogens is 233 g/mol. The van der Waals surface area contributed by atoms with Crippen LogP contribution in [0, 0.1) is 0 Å². The standard InChI is InChI=1S/C11H9F3N2O/c1-17-8-2-3-9(7-5-15-16-6-7)10(4-8)11(12,13)14/h2-6H,1H3,(H,15,16). The molecule has 1 aromatic carbocycles. The minimum atomic E-state index is -4.43. The first-order chi connectivity index (χ1) is 8.02. The van der Waals surface area contributed by atoms with Crippen molar-refractivity contribution in [3.8, 4) is 16.9 Å². The number of ether oxygens (including phenoxy) is 1. The number of rotatable bonds is 2. The highest BCUT2D eigenvalue weighted by Gasteiger charge is 2.34. The summed E-state index contributed by atoms with van der Waals surface area (Å²) in [7, 11) is 1.33. The molecule has 1 heterocycles. The van der Waals surface area contributed by atoms with Crippen LogP contribution in [0.25, 0.3) is 11.1 Å². The molecule has 0 amide bonds. The molecule has 3 nitrogen and oxygen atoms in total. The lowest BCUT2D eigenvalue weighted by atomic mass is 10.0. The first-order valence-electron chi connectivity index (χ1n) is 4.77. The second-order valence-corrected chi connectivity index (χ2v) is 3.40. The lowest BCUT2D eigenvalue weighted by molar-refractivity contribution is -0.137. The maximum atomic E-state index is 12.9. The topological polar surface area (TPSA) is 37.9 Å². The number of halogens is 3. The van der Waals surface area contributed by atoms with E-state index in [-0.39, 0.29) is 11.3 Å². The van der Waals surface area contributed by atoms with E-state index >= 15 is 0 Å². The van der Waals surface area contributed by atoms with Crippen molar-refractivity contribution in [3.05, 3.63) is 36.2 Å². The van der Waals surface area contributed by atoms with Gasteiger partial charge in [-0.25, -0.2) is 0 Å². The summed E-state index contributed by atoms with van der Waals surface area (Å²) >= 11 is 0. The molecule has 0 spiro atoms. The van der Waals surface area contributed by atoms with Gasteiger partial charge in [0.2, 0.25) is 0 Å². The molecule has 0 bridgehead atoms. The molecule has 1 aromatic heterocycles. The average molecular weight is 242 g/mol. The fourth-order valence-corrected chi connectivity index (χ4v) is 1.53. The largest absolute Gasteiger partial charge is 0.497 e. The minimum Gasteiger partial charge on any atom is -0.497 e. The van der Waals surface area contributed by atoms with E-state index in [1.807, 2.05) is 0 Å². The Kier molecular flexibility index (Phi) is 2.79. The smallest absolute Gasteiger partial charge is 0.417 e. The molecule has 2 aromatic rings. The first-order valence-corrected chi connectivity index (χ1v) is 4.77. The third-order valence-corrected chi connectivity index (χ3v) is 2.34. The number of H-pyrrole nitrogens is 1. The molecule has 0 unspecified atom stereocenters. The van der Waals surface area contributed by atoms with Crippen LogP contribution >= 0.6 is 0 Å². The highest BCUT2D eigenvalue weighted by Crippen LogP contribution is 2.38. The third-order valence-electron chi connectivity index (χ3n) is 2.34. The predicted octanol–water partition coefficient (Wildman–Crippen LogP) is 3.10. The van der Waals surface area contributed by atoms with Gasteiger partial charge in [-0.3, -0.25) is 5.10 Å². The predicted molar refractivity (Wildman–Crippen MR) is 55.6 cm³/mol. The lowest BCUT2D eigenvalue weighted by Crippen LogP contribution is -2.07. The van der Waals surface area contributed by atoms with E-state index < -0.39 is 11.7 Å². The van der Waals surface area contributed by atoms with E-state index in [0.717, 1.165) is 6.07 Å². The number of nitrogens with one attached hydrogen (secondary N) is 1. The van der Waals surface area contributed by atoms with Gasteiger partial charge in [-0.1, -0.05) is 0 Å². The monoisotopic (exact) mass is 242 g/mol. The van der Waals surface area contributed by atoms with Gasteiger partial charge in [-0.15, -0.1) is 0 Å². The van der Waals surface area contributed by atoms with Crippen molar-refractivity contribution in [2.24, 2.45) is 0 Å². The quantitative estimate of drug-likeness (QED) is 0.878. The van der Waals surface area contributed by atoms with Gasteiger partial charge >= 0.3 is 6.18 Å². The zero-order valence-corrected chi connectivity index (χ0v) is 8.88. The van der Waals surface area contributed by atoms with Gasteiger partial charge in [-0.2, -0.15) is 18.3 Å². The number of hydrogen-bond acceptors (Lipinski definition) is 2. The molecule has 0 saturated heterocycles. The molecular formula is C11H9F3N2O. The van der Waals surface area contributed by atoms with Crippen molar-refractivity contribution in [1.82, 2.24) is 10.2 Å². The van der Waals surface area contributed by atoms with Crippen LogP contribution in [0.3, 0.4) is 0 Å². The Hall–Kier alpha value is -1.98.